The number of amides is 1. The number of hydrogen-bond donors (Lipinski definition) is 2. The van der Waals surface area contributed by atoms with Crippen LogP contribution < -0.4 is 4.74 Å². The topological polar surface area (TPSA) is 87.7 Å². The van der Waals surface area contributed by atoms with E-state index in [1.165, 1.54) is 0 Å². The number of aliphatic hydroxyl groups is 1. The van der Waals surface area contributed by atoms with Crippen LogP contribution in [-0.4, -0.2) is 64.6 Å². The quantitative estimate of drug-likeness (QED) is 0.864. The van der Waals surface area contributed by atoms with E-state index in [1.54, 1.807) is 13.3 Å². The zero-order valence-electron chi connectivity index (χ0n) is 15.5. The largest absolute Gasteiger partial charge is 0.497 e. The molecule has 0 saturated carbocycles. The molecule has 1 spiro atoms. The van der Waals surface area contributed by atoms with Gasteiger partial charge in [0.1, 0.15) is 5.75 Å². The fourth-order valence-electron chi connectivity index (χ4n) is 4.09. The Hall–Kier alpha value is -2.38. The van der Waals surface area contributed by atoms with E-state index in [1.807, 2.05) is 29.2 Å². The molecule has 2 saturated heterocycles. The zero-order chi connectivity index (χ0) is 18.9. The number of rotatable bonds is 3. The van der Waals surface area contributed by atoms with Crippen molar-refractivity contribution in [1.29, 1.82) is 0 Å². The van der Waals surface area contributed by atoms with Gasteiger partial charge in [0.2, 0.25) is 0 Å². The van der Waals surface area contributed by atoms with Crippen LogP contribution in [0.1, 0.15) is 36.0 Å². The maximum atomic E-state index is 13.1. The molecule has 2 N–H and O–H groups in total. The second-order valence-electron chi connectivity index (χ2n) is 7.25. The van der Waals surface area contributed by atoms with Gasteiger partial charge in [-0.2, -0.15) is 5.10 Å². The minimum atomic E-state index is -0.485. The van der Waals surface area contributed by atoms with E-state index in [0.29, 0.717) is 43.8 Å². The molecule has 7 heteroatoms. The van der Waals surface area contributed by atoms with Gasteiger partial charge >= 0.3 is 0 Å². The molecule has 2 aliphatic rings. The summed E-state index contributed by atoms with van der Waals surface area (Å²) < 4.78 is 11.2. The molecule has 2 fully saturated rings. The molecule has 0 unspecified atom stereocenters. The molecule has 0 bridgehead atoms. The van der Waals surface area contributed by atoms with Gasteiger partial charge in [0.15, 0.2) is 0 Å². The highest BCUT2D eigenvalue weighted by Gasteiger charge is 2.44. The molecule has 1 amide bonds. The number of piperidine rings is 1. The monoisotopic (exact) mass is 371 g/mol. The van der Waals surface area contributed by atoms with Gasteiger partial charge in [-0.3, -0.25) is 9.89 Å². The van der Waals surface area contributed by atoms with Crippen LogP contribution in [0.5, 0.6) is 5.75 Å². The predicted octanol–water partition coefficient (Wildman–Crippen LogP) is 2.23. The van der Waals surface area contributed by atoms with Crippen LogP contribution in [0, 0.1) is 0 Å². The number of benzene rings is 1. The number of ether oxygens (including phenoxy) is 2. The predicted molar refractivity (Wildman–Crippen MR) is 99.6 cm³/mol. The zero-order valence-corrected chi connectivity index (χ0v) is 15.5. The molecule has 2 aliphatic heterocycles. The van der Waals surface area contributed by atoms with Crippen LogP contribution >= 0.6 is 0 Å². The molecular formula is C20H25N3O4. The Kier molecular flexibility index (Phi) is 4.88. The van der Waals surface area contributed by atoms with Gasteiger partial charge in [-0.05, 0) is 37.8 Å². The third-order valence-electron chi connectivity index (χ3n) is 5.74. The first-order valence-corrected chi connectivity index (χ1v) is 9.42. The summed E-state index contributed by atoms with van der Waals surface area (Å²) in [6, 6.07) is 7.54. The highest BCUT2D eigenvalue weighted by atomic mass is 16.5. The summed E-state index contributed by atoms with van der Waals surface area (Å²) in [6.07, 6.45) is 4.12. The van der Waals surface area contributed by atoms with E-state index in [9.17, 15) is 9.90 Å². The first-order chi connectivity index (χ1) is 13.1. The molecule has 3 heterocycles. The Bertz CT molecular complexity index is 811. The van der Waals surface area contributed by atoms with Gasteiger partial charge in [-0.25, -0.2) is 0 Å². The lowest BCUT2D eigenvalue weighted by Gasteiger charge is -2.46. The van der Waals surface area contributed by atoms with E-state index in [2.05, 4.69) is 10.2 Å². The summed E-state index contributed by atoms with van der Waals surface area (Å²) in [4.78, 5) is 14.9. The van der Waals surface area contributed by atoms with Crippen molar-refractivity contribution < 1.29 is 19.4 Å². The van der Waals surface area contributed by atoms with Crippen molar-refractivity contribution in [2.24, 2.45) is 0 Å². The Morgan fingerprint density at radius 1 is 1.41 bits per heavy atom. The van der Waals surface area contributed by atoms with E-state index in [0.717, 1.165) is 24.2 Å². The maximum Gasteiger partial charge on any atom is 0.257 e. The summed E-state index contributed by atoms with van der Waals surface area (Å²) in [5.41, 5.74) is 1.60. The summed E-state index contributed by atoms with van der Waals surface area (Å²) in [6.45, 7) is 1.82. The van der Waals surface area contributed by atoms with Crippen molar-refractivity contribution in [3.8, 4) is 17.0 Å². The fraction of sp³-hybridized carbons (Fsp3) is 0.500. The fourth-order valence-corrected chi connectivity index (χ4v) is 4.09. The number of likely N-dealkylation sites (tertiary alicyclic amines) is 1. The first-order valence-electron chi connectivity index (χ1n) is 9.42. The van der Waals surface area contributed by atoms with Crippen LogP contribution in [0.2, 0.25) is 0 Å². The number of carbonyl (C=O) groups is 1. The third kappa shape index (κ3) is 3.33. The highest BCUT2D eigenvalue weighted by Crippen LogP contribution is 2.36. The number of hydrogen-bond acceptors (Lipinski definition) is 5. The highest BCUT2D eigenvalue weighted by molar-refractivity contribution is 5.99. The molecule has 2 aromatic rings. The van der Waals surface area contributed by atoms with Gasteiger partial charge in [0, 0.05) is 25.3 Å². The number of methoxy groups -OCH3 is 1. The van der Waals surface area contributed by atoms with Crippen LogP contribution in [0.4, 0.5) is 0 Å². The number of nitrogens with zero attached hydrogens (tertiary/aromatic N) is 2. The van der Waals surface area contributed by atoms with Crippen molar-refractivity contribution in [3.63, 3.8) is 0 Å². The third-order valence-corrected chi connectivity index (χ3v) is 5.74. The maximum absolute atomic E-state index is 13.1. The number of nitrogens with one attached hydrogen (secondary N) is 1. The summed E-state index contributed by atoms with van der Waals surface area (Å²) in [5, 5.41) is 17.4. The molecule has 0 aliphatic carbocycles. The van der Waals surface area contributed by atoms with Crippen molar-refractivity contribution in [2.45, 2.75) is 37.4 Å². The Balaban J connectivity index is 1.51. The van der Waals surface area contributed by atoms with Crippen molar-refractivity contribution in [1.82, 2.24) is 15.1 Å². The van der Waals surface area contributed by atoms with E-state index in [-0.39, 0.29) is 5.91 Å². The number of aliphatic hydroxyl groups excluding tert-OH is 1. The lowest BCUT2D eigenvalue weighted by atomic mass is 9.82. The molecular weight excluding hydrogens is 346 g/mol. The Morgan fingerprint density at radius 3 is 2.96 bits per heavy atom. The Labute approximate surface area is 158 Å². The average molecular weight is 371 g/mol. The average Bonchev–Trinajstić information content (AvgIpc) is 3.20. The van der Waals surface area contributed by atoms with Gasteiger partial charge in [-0.15, -0.1) is 0 Å². The molecule has 4 rings (SSSR count). The van der Waals surface area contributed by atoms with Crippen molar-refractivity contribution >= 4 is 5.91 Å². The summed E-state index contributed by atoms with van der Waals surface area (Å²) in [5.74, 6) is 0.672. The minimum Gasteiger partial charge on any atom is -0.497 e. The number of aromatic nitrogens is 2. The molecule has 1 atom stereocenters. The van der Waals surface area contributed by atoms with Gasteiger partial charge < -0.3 is 19.5 Å². The normalized spacial score (nSPS) is 22.0. The van der Waals surface area contributed by atoms with Crippen molar-refractivity contribution in [2.75, 3.05) is 26.8 Å². The molecule has 144 valence electrons. The first kappa shape index (κ1) is 18.0. The second kappa shape index (κ2) is 7.32. The molecule has 0 radical (unpaired) electrons. The lowest BCUT2D eigenvalue weighted by Crippen LogP contribution is -2.56. The van der Waals surface area contributed by atoms with Crippen molar-refractivity contribution in [3.05, 3.63) is 36.0 Å². The Morgan fingerprint density at radius 2 is 2.22 bits per heavy atom. The number of aromatic amines is 1. The van der Waals surface area contributed by atoms with Gasteiger partial charge in [0.05, 0.1) is 36.3 Å². The van der Waals surface area contributed by atoms with E-state index < -0.39 is 11.7 Å². The summed E-state index contributed by atoms with van der Waals surface area (Å²) >= 11 is 0. The SMILES string of the molecule is COc1cccc(-c2[nH]ncc2C(=O)N2CCC3(CC2)OCCC[C@@H]3O)c1. The lowest BCUT2D eigenvalue weighted by molar-refractivity contribution is -0.174. The van der Waals surface area contributed by atoms with Gasteiger partial charge in [0.25, 0.3) is 5.91 Å². The minimum absolute atomic E-state index is 0.0540. The van der Waals surface area contributed by atoms with Gasteiger partial charge in [-0.1, -0.05) is 12.1 Å². The number of H-pyrrole nitrogens is 1. The standard InChI is InChI=1S/C20H25N3O4/c1-26-15-5-2-4-14(12-15)18-16(13-21-22-18)19(25)23-9-7-20(8-10-23)17(24)6-3-11-27-20/h2,4-5,12-13,17,24H,3,6-11H2,1H3,(H,21,22)/t17-/m0/s1. The van der Waals surface area contributed by atoms with Crippen LogP contribution in [0.3, 0.4) is 0 Å². The molecule has 7 nitrogen and oxygen atoms in total. The molecule has 27 heavy (non-hydrogen) atoms. The summed E-state index contributed by atoms with van der Waals surface area (Å²) in [7, 11) is 1.61. The van der Waals surface area contributed by atoms with Crippen LogP contribution in [-0.2, 0) is 4.74 Å². The second-order valence-corrected chi connectivity index (χ2v) is 7.25. The smallest absolute Gasteiger partial charge is 0.257 e. The van der Waals surface area contributed by atoms with Crippen LogP contribution in [0.25, 0.3) is 11.3 Å². The van der Waals surface area contributed by atoms with E-state index in [4.69, 9.17) is 9.47 Å². The molecule has 1 aromatic heterocycles. The van der Waals surface area contributed by atoms with Crippen LogP contribution in [0.15, 0.2) is 30.5 Å². The molecule has 1 aromatic carbocycles. The number of carbonyl (C=O) groups excluding carboxylic acids is 1. The van der Waals surface area contributed by atoms with E-state index >= 15 is 0 Å².